The molecule has 0 unspecified atom stereocenters. The van der Waals surface area contributed by atoms with Gasteiger partial charge in [0.05, 0.1) is 35.0 Å². The molecule has 6 rings (SSSR count). The largest absolute Gasteiger partial charge is 0.444 e. The second-order valence-corrected chi connectivity index (χ2v) is 12.3. The minimum Gasteiger partial charge on any atom is -0.444 e. The standard InChI is InChI=1S/C30H35ClN4O4/c1-29(2,3)39-28(37)35-13-5-6-21(35)17-34-18-23(22-9-8-20(31)16-26(22)34)27(36)33-14-10-30(11-15-33)24-7-4-12-32-25(24)19-38-30/h4,7-9,12,16,18,21H,5-6,10-11,13-15,17,19H2,1-3H3/t21-/m0/s1. The highest BCUT2D eigenvalue weighted by Gasteiger charge is 2.44. The van der Waals surface area contributed by atoms with Gasteiger partial charge < -0.3 is 23.8 Å². The Morgan fingerprint density at radius 1 is 1.18 bits per heavy atom. The fourth-order valence-corrected chi connectivity index (χ4v) is 6.47. The Hall–Kier alpha value is -3.10. The van der Waals surface area contributed by atoms with Gasteiger partial charge >= 0.3 is 6.09 Å². The molecule has 8 nitrogen and oxygen atoms in total. The molecule has 2 amide bonds. The van der Waals surface area contributed by atoms with Gasteiger partial charge in [-0.25, -0.2) is 4.79 Å². The molecule has 3 aliphatic rings. The monoisotopic (exact) mass is 550 g/mol. The average Bonchev–Trinajstić information content (AvgIpc) is 3.60. The molecule has 2 saturated heterocycles. The van der Waals surface area contributed by atoms with E-state index in [9.17, 15) is 9.59 Å². The van der Waals surface area contributed by atoms with Gasteiger partial charge in [0.1, 0.15) is 5.60 Å². The Morgan fingerprint density at radius 2 is 1.97 bits per heavy atom. The highest BCUT2D eigenvalue weighted by Crippen LogP contribution is 2.43. The van der Waals surface area contributed by atoms with Crippen molar-refractivity contribution in [2.75, 3.05) is 19.6 Å². The lowest BCUT2D eigenvalue weighted by Crippen LogP contribution is -2.45. The molecule has 9 heteroatoms. The maximum absolute atomic E-state index is 13.9. The fraction of sp³-hybridized carbons (Fsp3) is 0.500. The molecule has 2 fully saturated rings. The third kappa shape index (κ3) is 4.89. The van der Waals surface area contributed by atoms with Crippen LogP contribution in [-0.2, 0) is 28.2 Å². The van der Waals surface area contributed by atoms with Crippen LogP contribution in [0.25, 0.3) is 10.9 Å². The van der Waals surface area contributed by atoms with E-state index in [2.05, 4.69) is 15.6 Å². The van der Waals surface area contributed by atoms with Crippen LogP contribution in [-0.4, -0.2) is 62.6 Å². The van der Waals surface area contributed by atoms with Gasteiger partial charge in [0.2, 0.25) is 0 Å². The van der Waals surface area contributed by atoms with Crippen LogP contribution in [0, 0.1) is 0 Å². The molecule has 1 atom stereocenters. The van der Waals surface area contributed by atoms with Crippen LogP contribution in [0.2, 0.25) is 5.02 Å². The number of carbonyl (C=O) groups excluding carboxylic acids is 2. The normalized spacial score (nSPS) is 20.6. The summed E-state index contributed by atoms with van der Waals surface area (Å²) in [6.07, 6.45) is 6.75. The number of pyridine rings is 1. The van der Waals surface area contributed by atoms with Gasteiger partial charge in [-0.2, -0.15) is 0 Å². The first-order valence-electron chi connectivity index (χ1n) is 13.8. The average molecular weight is 551 g/mol. The maximum Gasteiger partial charge on any atom is 0.410 e. The van der Waals surface area contributed by atoms with E-state index >= 15 is 0 Å². The first-order valence-corrected chi connectivity index (χ1v) is 14.2. The van der Waals surface area contributed by atoms with Crippen molar-refractivity contribution in [3.63, 3.8) is 0 Å². The topological polar surface area (TPSA) is 76.9 Å². The zero-order valence-electron chi connectivity index (χ0n) is 22.8. The number of nitrogens with zero attached hydrogens (tertiary/aromatic N) is 4. The van der Waals surface area contributed by atoms with Crippen LogP contribution in [0.15, 0.2) is 42.7 Å². The number of hydrogen-bond acceptors (Lipinski definition) is 5. The molecule has 0 radical (unpaired) electrons. The van der Waals surface area contributed by atoms with Crippen LogP contribution >= 0.6 is 11.6 Å². The molecule has 1 spiro atoms. The number of carbonyl (C=O) groups is 2. The lowest BCUT2D eigenvalue weighted by Gasteiger charge is -2.39. The molecule has 0 aliphatic carbocycles. The SMILES string of the molecule is CC(C)(C)OC(=O)N1CCC[C@H]1Cn1cc(C(=O)N2CCC3(CC2)OCc2ncccc23)c2ccc(Cl)cc21. The van der Waals surface area contributed by atoms with Crippen LogP contribution in [0.4, 0.5) is 4.79 Å². The third-order valence-corrected chi connectivity index (χ3v) is 8.45. The second-order valence-electron chi connectivity index (χ2n) is 11.9. The molecule has 2 aromatic heterocycles. The minimum absolute atomic E-state index is 0.00995. The number of halogens is 1. The molecule has 0 saturated carbocycles. The first-order chi connectivity index (χ1) is 18.6. The summed E-state index contributed by atoms with van der Waals surface area (Å²) in [5.74, 6) is 0.00995. The summed E-state index contributed by atoms with van der Waals surface area (Å²) in [4.78, 5) is 35.0. The van der Waals surface area contributed by atoms with Crippen molar-refractivity contribution in [2.24, 2.45) is 0 Å². The van der Waals surface area contributed by atoms with Gasteiger partial charge in [0.15, 0.2) is 0 Å². The van der Waals surface area contributed by atoms with E-state index < -0.39 is 5.60 Å². The molecular weight excluding hydrogens is 516 g/mol. The van der Waals surface area contributed by atoms with E-state index in [1.807, 2.05) is 61.0 Å². The van der Waals surface area contributed by atoms with Crippen molar-refractivity contribution in [2.45, 2.75) is 76.9 Å². The number of ether oxygens (including phenoxy) is 2. The summed E-state index contributed by atoms with van der Waals surface area (Å²) >= 11 is 6.39. The van der Waals surface area contributed by atoms with Gasteiger partial charge in [-0.15, -0.1) is 0 Å². The van der Waals surface area contributed by atoms with E-state index in [4.69, 9.17) is 21.1 Å². The predicted octanol–water partition coefficient (Wildman–Crippen LogP) is 5.75. The van der Waals surface area contributed by atoms with E-state index in [1.165, 1.54) is 0 Å². The Labute approximate surface area is 233 Å². The number of benzene rings is 1. The summed E-state index contributed by atoms with van der Waals surface area (Å²) in [7, 11) is 0. The van der Waals surface area contributed by atoms with Crippen molar-refractivity contribution in [1.82, 2.24) is 19.4 Å². The van der Waals surface area contributed by atoms with Gasteiger partial charge in [-0.05, 0) is 64.7 Å². The minimum atomic E-state index is -0.549. The van der Waals surface area contributed by atoms with Gasteiger partial charge in [0.25, 0.3) is 5.91 Å². The highest BCUT2D eigenvalue weighted by molar-refractivity contribution is 6.31. The van der Waals surface area contributed by atoms with Crippen molar-refractivity contribution < 1.29 is 19.1 Å². The van der Waals surface area contributed by atoms with Crippen LogP contribution in [0.5, 0.6) is 0 Å². The van der Waals surface area contributed by atoms with Crippen molar-refractivity contribution in [1.29, 1.82) is 0 Å². The predicted molar refractivity (Wildman–Crippen MR) is 149 cm³/mol. The molecule has 1 aromatic carbocycles. The summed E-state index contributed by atoms with van der Waals surface area (Å²) in [6.45, 7) is 8.64. The Bertz CT molecular complexity index is 1420. The van der Waals surface area contributed by atoms with E-state index in [-0.39, 0.29) is 23.6 Å². The Balaban J connectivity index is 1.23. The maximum atomic E-state index is 13.9. The number of piperidine rings is 1. The van der Waals surface area contributed by atoms with Crippen LogP contribution in [0.3, 0.4) is 0 Å². The lowest BCUT2D eigenvalue weighted by molar-refractivity contribution is -0.0744. The Morgan fingerprint density at radius 3 is 2.74 bits per heavy atom. The number of aromatic nitrogens is 2. The quantitative estimate of drug-likeness (QED) is 0.415. The van der Waals surface area contributed by atoms with Crippen molar-refractivity contribution in [3.05, 3.63) is 64.6 Å². The molecule has 0 N–H and O–H groups in total. The summed E-state index contributed by atoms with van der Waals surface area (Å²) in [5.41, 5.74) is 2.82. The smallest absolute Gasteiger partial charge is 0.410 e. The summed E-state index contributed by atoms with van der Waals surface area (Å²) in [5, 5.41) is 1.49. The molecule has 0 bridgehead atoms. The fourth-order valence-electron chi connectivity index (χ4n) is 6.31. The van der Waals surface area contributed by atoms with E-state index in [0.717, 1.165) is 47.8 Å². The van der Waals surface area contributed by atoms with Crippen molar-refractivity contribution >= 4 is 34.5 Å². The molecule has 5 heterocycles. The molecule has 206 valence electrons. The number of hydrogen-bond donors (Lipinski definition) is 0. The third-order valence-electron chi connectivity index (χ3n) is 8.21. The van der Waals surface area contributed by atoms with E-state index in [0.29, 0.717) is 43.4 Å². The molecular formula is C30H35ClN4O4. The van der Waals surface area contributed by atoms with Crippen LogP contribution in [0.1, 0.15) is 68.1 Å². The number of fused-ring (bicyclic) bond motifs is 3. The number of amides is 2. The Kier molecular flexibility index (Phi) is 6.58. The highest BCUT2D eigenvalue weighted by atomic mass is 35.5. The van der Waals surface area contributed by atoms with Gasteiger partial charge in [-0.1, -0.05) is 23.7 Å². The summed E-state index contributed by atoms with van der Waals surface area (Å²) < 4.78 is 14.0. The number of likely N-dealkylation sites (tertiary alicyclic amines) is 2. The zero-order valence-corrected chi connectivity index (χ0v) is 23.5. The first kappa shape index (κ1) is 26.1. The zero-order chi connectivity index (χ0) is 27.4. The van der Waals surface area contributed by atoms with Crippen LogP contribution < -0.4 is 0 Å². The van der Waals surface area contributed by atoms with E-state index in [1.54, 1.807) is 6.20 Å². The molecule has 3 aromatic rings. The lowest BCUT2D eigenvalue weighted by atomic mass is 9.85. The second kappa shape index (κ2) is 9.82. The van der Waals surface area contributed by atoms with Crippen molar-refractivity contribution in [3.8, 4) is 0 Å². The molecule has 3 aliphatic heterocycles. The summed E-state index contributed by atoms with van der Waals surface area (Å²) in [6, 6.07) is 9.71. The van der Waals surface area contributed by atoms with Gasteiger partial charge in [0, 0.05) is 54.5 Å². The number of rotatable bonds is 3. The molecule has 39 heavy (non-hydrogen) atoms. The van der Waals surface area contributed by atoms with Gasteiger partial charge in [-0.3, -0.25) is 9.78 Å².